The van der Waals surface area contributed by atoms with Crippen LogP contribution in [-0.2, 0) is 6.42 Å². The number of hydrogen-bond donors (Lipinski definition) is 3. The van der Waals surface area contributed by atoms with Crippen LogP contribution >= 0.6 is 0 Å². The van der Waals surface area contributed by atoms with Crippen molar-refractivity contribution in [3.63, 3.8) is 0 Å². The molecule has 0 radical (unpaired) electrons. The van der Waals surface area contributed by atoms with E-state index >= 15 is 0 Å². The van der Waals surface area contributed by atoms with Gasteiger partial charge in [-0.15, -0.1) is 0 Å². The molecule has 1 aromatic rings. The molecule has 1 aliphatic heterocycles. The van der Waals surface area contributed by atoms with Crippen molar-refractivity contribution in [1.82, 2.24) is 15.8 Å². The van der Waals surface area contributed by atoms with Gasteiger partial charge in [0.15, 0.2) is 0 Å². The van der Waals surface area contributed by atoms with Crippen molar-refractivity contribution in [2.24, 2.45) is 11.7 Å². The summed E-state index contributed by atoms with van der Waals surface area (Å²) in [7, 11) is 0. The minimum absolute atomic E-state index is 0.503. The summed E-state index contributed by atoms with van der Waals surface area (Å²) in [6.45, 7) is 1.76. The van der Waals surface area contributed by atoms with Gasteiger partial charge < -0.3 is 5.73 Å². The second-order valence-electron chi connectivity index (χ2n) is 4.03. The smallest absolute Gasteiger partial charge is 0.0270 e. The zero-order valence-electron chi connectivity index (χ0n) is 8.82. The summed E-state index contributed by atoms with van der Waals surface area (Å²) in [6, 6.07) is 4.67. The highest BCUT2D eigenvalue weighted by atomic mass is 15.4. The van der Waals surface area contributed by atoms with E-state index < -0.39 is 0 Å². The van der Waals surface area contributed by atoms with Gasteiger partial charge >= 0.3 is 0 Å². The molecule has 4 N–H and O–H groups in total. The molecule has 2 atom stereocenters. The highest BCUT2D eigenvalue weighted by molar-refractivity contribution is 5.11. The molecule has 4 heteroatoms. The molecule has 2 heterocycles. The first-order valence-corrected chi connectivity index (χ1v) is 5.47. The Bertz CT molecular complexity index is 288. The predicted octanol–water partition coefficient (Wildman–Crippen LogP) is 0.0655. The Morgan fingerprint density at radius 3 is 2.93 bits per heavy atom. The van der Waals surface area contributed by atoms with Crippen molar-refractivity contribution in [2.75, 3.05) is 13.1 Å². The predicted molar refractivity (Wildman–Crippen MR) is 60.0 cm³/mol. The van der Waals surface area contributed by atoms with Gasteiger partial charge in [-0.3, -0.25) is 15.8 Å². The summed E-state index contributed by atoms with van der Waals surface area (Å²) in [5.41, 5.74) is 13.4. The largest absolute Gasteiger partial charge is 0.330 e. The summed E-state index contributed by atoms with van der Waals surface area (Å²) < 4.78 is 0. The molecule has 0 spiro atoms. The molecule has 2 rings (SSSR count). The molecule has 1 aliphatic rings. The van der Waals surface area contributed by atoms with Crippen LogP contribution in [-0.4, -0.2) is 24.1 Å². The third-order valence-electron chi connectivity index (χ3n) is 2.95. The molecular formula is C11H18N4. The van der Waals surface area contributed by atoms with Crippen LogP contribution in [0.1, 0.15) is 12.0 Å². The van der Waals surface area contributed by atoms with Crippen LogP contribution in [0.2, 0.25) is 0 Å². The Hall–Kier alpha value is -0.970. The van der Waals surface area contributed by atoms with E-state index in [9.17, 15) is 0 Å². The highest BCUT2D eigenvalue weighted by Crippen LogP contribution is 2.16. The molecular weight excluding hydrogens is 188 g/mol. The SMILES string of the molecule is NCCC1NNCC1Cc1ccncc1. The van der Waals surface area contributed by atoms with Gasteiger partial charge in [-0.2, -0.15) is 0 Å². The van der Waals surface area contributed by atoms with Gasteiger partial charge in [-0.1, -0.05) is 0 Å². The highest BCUT2D eigenvalue weighted by Gasteiger charge is 2.25. The molecule has 0 bridgehead atoms. The maximum absolute atomic E-state index is 5.59. The number of nitrogens with zero attached hydrogens (tertiary/aromatic N) is 1. The van der Waals surface area contributed by atoms with E-state index in [4.69, 9.17) is 5.73 Å². The van der Waals surface area contributed by atoms with Crippen LogP contribution in [0.5, 0.6) is 0 Å². The fourth-order valence-corrected chi connectivity index (χ4v) is 2.10. The van der Waals surface area contributed by atoms with E-state index in [0.29, 0.717) is 12.0 Å². The summed E-state index contributed by atoms with van der Waals surface area (Å²) in [6.07, 6.45) is 5.82. The molecule has 0 saturated carbocycles. The molecule has 0 aromatic carbocycles. The van der Waals surface area contributed by atoms with Gasteiger partial charge in [0.2, 0.25) is 0 Å². The second kappa shape index (κ2) is 5.21. The first-order chi connectivity index (χ1) is 7.40. The van der Waals surface area contributed by atoms with Gasteiger partial charge in [-0.25, -0.2) is 0 Å². The summed E-state index contributed by atoms with van der Waals surface area (Å²) in [5.74, 6) is 0.635. The first-order valence-electron chi connectivity index (χ1n) is 5.47. The van der Waals surface area contributed by atoms with Crippen LogP contribution in [0.4, 0.5) is 0 Å². The van der Waals surface area contributed by atoms with Crippen LogP contribution in [0.25, 0.3) is 0 Å². The van der Waals surface area contributed by atoms with Gasteiger partial charge in [-0.05, 0) is 43.0 Å². The van der Waals surface area contributed by atoms with Crippen molar-refractivity contribution in [3.05, 3.63) is 30.1 Å². The summed E-state index contributed by atoms with van der Waals surface area (Å²) in [5, 5.41) is 0. The van der Waals surface area contributed by atoms with E-state index in [1.165, 1.54) is 5.56 Å². The lowest BCUT2D eigenvalue weighted by Crippen LogP contribution is -2.33. The maximum atomic E-state index is 5.59. The van der Waals surface area contributed by atoms with Crippen LogP contribution < -0.4 is 16.6 Å². The zero-order valence-corrected chi connectivity index (χ0v) is 8.82. The van der Waals surface area contributed by atoms with E-state index in [-0.39, 0.29) is 0 Å². The average molecular weight is 206 g/mol. The second-order valence-corrected chi connectivity index (χ2v) is 4.03. The van der Waals surface area contributed by atoms with Gasteiger partial charge in [0, 0.05) is 25.0 Å². The number of nitrogens with one attached hydrogen (secondary N) is 2. The Kier molecular flexibility index (Phi) is 3.66. The number of rotatable bonds is 4. The third-order valence-corrected chi connectivity index (χ3v) is 2.95. The van der Waals surface area contributed by atoms with Crippen molar-refractivity contribution >= 4 is 0 Å². The zero-order chi connectivity index (χ0) is 10.5. The molecule has 4 nitrogen and oxygen atoms in total. The van der Waals surface area contributed by atoms with Gasteiger partial charge in [0.25, 0.3) is 0 Å². The number of nitrogens with two attached hydrogens (primary N) is 1. The Morgan fingerprint density at radius 1 is 1.40 bits per heavy atom. The summed E-state index contributed by atoms with van der Waals surface area (Å²) in [4.78, 5) is 4.02. The van der Waals surface area contributed by atoms with Crippen molar-refractivity contribution < 1.29 is 0 Å². The number of hydrogen-bond acceptors (Lipinski definition) is 4. The molecule has 2 unspecified atom stereocenters. The van der Waals surface area contributed by atoms with E-state index in [1.54, 1.807) is 0 Å². The third kappa shape index (κ3) is 2.75. The fourth-order valence-electron chi connectivity index (χ4n) is 2.10. The van der Waals surface area contributed by atoms with Crippen LogP contribution in [0, 0.1) is 5.92 Å². The molecule has 15 heavy (non-hydrogen) atoms. The number of hydrazine groups is 1. The quantitative estimate of drug-likeness (QED) is 0.652. The van der Waals surface area contributed by atoms with Gasteiger partial charge in [0.05, 0.1) is 0 Å². The molecule has 0 amide bonds. The van der Waals surface area contributed by atoms with E-state index in [1.807, 2.05) is 12.4 Å². The maximum Gasteiger partial charge on any atom is 0.0270 e. The number of pyridine rings is 1. The summed E-state index contributed by atoms with van der Waals surface area (Å²) >= 11 is 0. The lowest BCUT2D eigenvalue weighted by molar-refractivity contribution is 0.433. The van der Waals surface area contributed by atoms with Crippen molar-refractivity contribution in [2.45, 2.75) is 18.9 Å². The molecule has 82 valence electrons. The minimum atomic E-state index is 0.503. The van der Waals surface area contributed by atoms with Gasteiger partial charge in [0.1, 0.15) is 0 Å². The average Bonchev–Trinajstić information content (AvgIpc) is 2.68. The molecule has 1 aromatic heterocycles. The van der Waals surface area contributed by atoms with Crippen molar-refractivity contribution in [1.29, 1.82) is 0 Å². The normalized spacial score (nSPS) is 25.7. The van der Waals surface area contributed by atoms with Crippen LogP contribution in [0.15, 0.2) is 24.5 Å². The first kappa shape index (κ1) is 10.5. The lowest BCUT2D eigenvalue weighted by atomic mass is 9.92. The topological polar surface area (TPSA) is 63.0 Å². The monoisotopic (exact) mass is 206 g/mol. The van der Waals surface area contributed by atoms with Crippen LogP contribution in [0.3, 0.4) is 0 Å². The van der Waals surface area contributed by atoms with Crippen molar-refractivity contribution in [3.8, 4) is 0 Å². The molecule has 1 fully saturated rings. The Labute approximate surface area is 90.2 Å². The lowest BCUT2D eigenvalue weighted by Gasteiger charge is -2.17. The fraction of sp³-hybridized carbons (Fsp3) is 0.545. The Morgan fingerprint density at radius 2 is 2.20 bits per heavy atom. The minimum Gasteiger partial charge on any atom is -0.330 e. The van der Waals surface area contributed by atoms with E-state index in [0.717, 1.165) is 25.9 Å². The number of aromatic nitrogens is 1. The molecule has 1 saturated heterocycles. The van der Waals surface area contributed by atoms with E-state index in [2.05, 4.69) is 28.0 Å². The standard InChI is InChI=1S/C11H18N4/c12-4-1-11-10(8-14-15-11)7-9-2-5-13-6-3-9/h2-3,5-6,10-11,14-15H,1,4,7-8,12H2. The Balaban J connectivity index is 1.93. The molecule has 0 aliphatic carbocycles.